The first-order valence-electron chi connectivity index (χ1n) is 13.9. The lowest BCUT2D eigenvalue weighted by Gasteiger charge is -2.37. The van der Waals surface area contributed by atoms with Crippen molar-refractivity contribution >= 4 is 27.6 Å². The van der Waals surface area contributed by atoms with Gasteiger partial charge in [-0.05, 0) is 28.7 Å². The number of methoxy groups -OCH3 is 1. The van der Waals surface area contributed by atoms with Crippen LogP contribution in [0.1, 0.15) is 34.8 Å². The van der Waals surface area contributed by atoms with Gasteiger partial charge in [0.1, 0.15) is 0 Å². The van der Waals surface area contributed by atoms with Gasteiger partial charge < -0.3 is 14.8 Å². The molecule has 6 nitrogen and oxygen atoms in total. The Hall–Kier alpha value is -3.43. The van der Waals surface area contributed by atoms with Crippen LogP contribution in [0.3, 0.4) is 0 Å². The summed E-state index contributed by atoms with van der Waals surface area (Å²) >= 11 is 1.81. The molecule has 0 aliphatic carbocycles. The van der Waals surface area contributed by atoms with Gasteiger partial charge >= 0.3 is 5.97 Å². The number of ether oxygens (including phenoxy) is 2. The molecule has 4 aromatic carbocycles. The van der Waals surface area contributed by atoms with E-state index in [1.807, 2.05) is 36.0 Å². The maximum absolute atomic E-state index is 13.1. The highest BCUT2D eigenvalue weighted by Gasteiger charge is 2.45. The highest BCUT2D eigenvalue weighted by Crippen LogP contribution is 2.51. The molecule has 0 radical (unpaired) electrons. The van der Waals surface area contributed by atoms with Crippen molar-refractivity contribution in [2.45, 2.75) is 34.0 Å². The highest BCUT2D eigenvalue weighted by atomic mass is 32.2. The van der Waals surface area contributed by atoms with Gasteiger partial charge in [-0.15, -0.1) is 11.8 Å². The lowest BCUT2D eigenvalue weighted by Crippen LogP contribution is -2.43. The topological polar surface area (TPSA) is 81.7 Å². The van der Waals surface area contributed by atoms with Gasteiger partial charge in [0, 0.05) is 24.1 Å². The van der Waals surface area contributed by atoms with Crippen LogP contribution in [0.2, 0.25) is 0 Å². The van der Waals surface area contributed by atoms with Gasteiger partial charge in [-0.3, -0.25) is 0 Å². The number of hydrogen-bond acceptors (Lipinski definition) is 7. The van der Waals surface area contributed by atoms with Crippen molar-refractivity contribution in [1.82, 2.24) is 5.32 Å². The van der Waals surface area contributed by atoms with Crippen molar-refractivity contribution in [3.05, 3.63) is 144 Å². The summed E-state index contributed by atoms with van der Waals surface area (Å²) in [6.07, 6.45) is 0.516. The Morgan fingerprint density at radius 3 is 1.69 bits per heavy atom. The fourth-order valence-corrected chi connectivity index (χ4v) is 8.55. The fraction of sp³-hybridized carbons (Fsp3) is 0.265. The molecule has 1 aliphatic heterocycles. The smallest absolute Gasteiger partial charge is 0.339 e. The second-order valence-corrected chi connectivity index (χ2v) is 14.1. The lowest BCUT2D eigenvalue weighted by atomic mass is 9.84. The molecule has 218 valence electrons. The van der Waals surface area contributed by atoms with Crippen LogP contribution in [0, 0.1) is 0 Å². The van der Waals surface area contributed by atoms with Crippen LogP contribution in [0.4, 0.5) is 0 Å². The van der Waals surface area contributed by atoms with E-state index < -0.39 is 38.1 Å². The first-order chi connectivity index (χ1) is 20.3. The molecule has 1 aliphatic rings. The Morgan fingerprint density at radius 1 is 0.810 bits per heavy atom. The van der Waals surface area contributed by atoms with Crippen LogP contribution < -0.4 is 5.32 Å². The van der Waals surface area contributed by atoms with Crippen LogP contribution in [-0.4, -0.2) is 51.0 Å². The van der Waals surface area contributed by atoms with Crippen molar-refractivity contribution < 1.29 is 22.7 Å². The molecule has 1 saturated heterocycles. The average Bonchev–Trinajstić information content (AvgIpc) is 3.48. The van der Waals surface area contributed by atoms with Crippen LogP contribution in [0.15, 0.2) is 121 Å². The summed E-state index contributed by atoms with van der Waals surface area (Å²) in [5, 5.41) is 3.47. The van der Waals surface area contributed by atoms with Crippen molar-refractivity contribution in [2.24, 2.45) is 0 Å². The lowest BCUT2D eigenvalue weighted by molar-refractivity contribution is -0.156. The van der Waals surface area contributed by atoms with Gasteiger partial charge in [0.15, 0.2) is 21.4 Å². The predicted molar refractivity (Wildman–Crippen MR) is 168 cm³/mol. The van der Waals surface area contributed by atoms with Crippen molar-refractivity contribution in [3.63, 3.8) is 0 Å². The SMILES string of the molecule is COC(=O)[C@H](OC([C@@H]1C[C@@H](SC(c2ccccc2)(c2ccccc2)c2ccccc2)CN1)S(C)(=O)=O)c1ccccc1. The molecule has 0 saturated carbocycles. The summed E-state index contributed by atoms with van der Waals surface area (Å²) in [5.74, 6) is -0.643. The van der Waals surface area contributed by atoms with E-state index >= 15 is 0 Å². The molecule has 0 aromatic heterocycles. The first kappa shape index (κ1) is 30.0. The number of rotatable bonds is 11. The highest BCUT2D eigenvalue weighted by molar-refractivity contribution is 8.01. The molecule has 8 heteroatoms. The quantitative estimate of drug-likeness (QED) is 0.173. The third-order valence-corrected chi connectivity index (χ3v) is 10.6. The van der Waals surface area contributed by atoms with E-state index in [-0.39, 0.29) is 5.25 Å². The van der Waals surface area contributed by atoms with Crippen LogP contribution in [-0.2, 0) is 28.9 Å². The molecular formula is C34H35NO5S2. The van der Waals surface area contributed by atoms with Gasteiger partial charge in [0.05, 0.1) is 11.9 Å². The number of sulfone groups is 1. The molecule has 0 spiro atoms. The summed E-state index contributed by atoms with van der Waals surface area (Å²) in [6.45, 7) is 0.577. The Kier molecular flexibility index (Phi) is 9.48. The molecule has 1 N–H and O–H groups in total. The second-order valence-electron chi connectivity index (χ2n) is 10.4. The van der Waals surface area contributed by atoms with E-state index in [9.17, 15) is 13.2 Å². The van der Waals surface area contributed by atoms with Gasteiger partial charge in [-0.25, -0.2) is 13.2 Å². The third-order valence-electron chi connectivity index (χ3n) is 7.55. The summed E-state index contributed by atoms with van der Waals surface area (Å²) in [4.78, 5) is 12.7. The minimum Gasteiger partial charge on any atom is -0.467 e. The zero-order valence-corrected chi connectivity index (χ0v) is 25.3. The maximum atomic E-state index is 13.1. The molecule has 0 bridgehead atoms. The first-order valence-corrected chi connectivity index (χ1v) is 16.7. The summed E-state index contributed by atoms with van der Waals surface area (Å²) in [7, 11) is -2.45. The van der Waals surface area contributed by atoms with E-state index in [1.165, 1.54) is 7.11 Å². The normalized spacial score (nSPS) is 18.7. The monoisotopic (exact) mass is 601 g/mol. The van der Waals surface area contributed by atoms with E-state index in [0.717, 1.165) is 22.9 Å². The largest absolute Gasteiger partial charge is 0.467 e. The molecule has 4 atom stereocenters. The minimum atomic E-state index is -3.72. The van der Waals surface area contributed by atoms with E-state index in [0.29, 0.717) is 18.5 Å². The fourth-order valence-electron chi connectivity index (χ4n) is 5.64. The van der Waals surface area contributed by atoms with Crippen LogP contribution >= 0.6 is 11.8 Å². The van der Waals surface area contributed by atoms with Gasteiger partial charge in [-0.1, -0.05) is 121 Å². The Labute approximate surface area is 252 Å². The summed E-state index contributed by atoms with van der Waals surface area (Å²) in [5.41, 5.74) is 2.72. The van der Waals surface area contributed by atoms with Gasteiger partial charge in [-0.2, -0.15) is 0 Å². The molecule has 5 rings (SSSR count). The zero-order valence-electron chi connectivity index (χ0n) is 23.6. The molecule has 1 heterocycles. The summed E-state index contributed by atoms with van der Waals surface area (Å²) < 4.78 is 36.9. The van der Waals surface area contributed by atoms with Crippen LogP contribution in [0.25, 0.3) is 0 Å². The van der Waals surface area contributed by atoms with Gasteiger partial charge in [0.2, 0.25) is 0 Å². The molecule has 42 heavy (non-hydrogen) atoms. The predicted octanol–water partition coefficient (Wildman–Crippen LogP) is 5.74. The Balaban J connectivity index is 1.49. The van der Waals surface area contributed by atoms with Crippen molar-refractivity contribution in [1.29, 1.82) is 0 Å². The van der Waals surface area contributed by atoms with Crippen molar-refractivity contribution in [3.8, 4) is 0 Å². The zero-order chi connectivity index (χ0) is 29.6. The van der Waals surface area contributed by atoms with Gasteiger partial charge in [0.25, 0.3) is 0 Å². The standard InChI is InChI=1S/C34H35NO5S2/c1-39-32(36)31(25-15-7-3-8-16-25)40-33(42(2,37)38)30-23-29(24-35-30)41-34(26-17-9-4-10-18-26,27-19-11-5-12-20-27)28-21-13-6-14-22-28/h3-22,29-31,33,35H,23-24H2,1-2H3/t29-,30+,31-,33?/m1/s1. The number of esters is 1. The molecular weight excluding hydrogens is 567 g/mol. The molecule has 1 fully saturated rings. The molecule has 0 amide bonds. The summed E-state index contributed by atoms with van der Waals surface area (Å²) in [6, 6.07) is 39.6. The number of carbonyl (C=O) groups excluding carboxylic acids is 1. The Morgan fingerprint density at radius 2 is 1.26 bits per heavy atom. The minimum absolute atomic E-state index is 0.0387. The van der Waals surface area contributed by atoms with Crippen molar-refractivity contribution in [2.75, 3.05) is 19.9 Å². The maximum Gasteiger partial charge on any atom is 0.339 e. The number of thioether (sulfide) groups is 1. The average molecular weight is 602 g/mol. The number of carbonyl (C=O) groups is 1. The van der Waals surface area contributed by atoms with E-state index in [4.69, 9.17) is 9.47 Å². The number of nitrogens with one attached hydrogen (secondary N) is 1. The second kappa shape index (κ2) is 13.3. The number of benzene rings is 4. The third kappa shape index (κ3) is 6.47. The van der Waals surface area contributed by atoms with Crippen LogP contribution in [0.5, 0.6) is 0 Å². The molecule has 4 aromatic rings. The van der Waals surface area contributed by atoms with E-state index in [2.05, 4.69) is 78.1 Å². The Bertz CT molecular complexity index is 1450. The molecule has 1 unspecified atom stereocenters. The number of hydrogen-bond donors (Lipinski definition) is 1. The van der Waals surface area contributed by atoms with E-state index in [1.54, 1.807) is 24.3 Å².